The van der Waals surface area contributed by atoms with Crippen LogP contribution < -0.4 is 15.5 Å². The molecule has 0 radical (unpaired) electrons. The lowest BCUT2D eigenvalue weighted by molar-refractivity contribution is -0.142. The smallest absolute Gasteiger partial charge is 0.311 e. The monoisotopic (exact) mass is 388 g/mol. The molecule has 0 bridgehead atoms. The van der Waals surface area contributed by atoms with E-state index in [9.17, 15) is 9.59 Å². The van der Waals surface area contributed by atoms with E-state index in [0.29, 0.717) is 24.0 Å². The fraction of sp³-hybridized carbons (Fsp3) is 0.421. The van der Waals surface area contributed by atoms with Gasteiger partial charge in [-0.3, -0.25) is 9.59 Å². The molecule has 1 aromatic heterocycles. The van der Waals surface area contributed by atoms with E-state index in [2.05, 4.69) is 34.4 Å². The van der Waals surface area contributed by atoms with Crippen molar-refractivity contribution in [2.75, 3.05) is 35.2 Å². The fourth-order valence-corrected chi connectivity index (χ4v) is 3.83. The SMILES string of the molecule is CCOC(=O)Cc1csc(NC(=O)CN2CC(C)(C)Nc3ccccc32)n1. The normalized spacial score (nSPS) is 14.9. The summed E-state index contributed by atoms with van der Waals surface area (Å²) in [7, 11) is 0. The highest BCUT2D eigenvalue weighted by Gasteiger charge is 2.30. The topological polar surface area (TPSA) is 83.6 Å². The molecule has 27 heavy (non-hydrogen) atoms. The fourth-order valence-electron chi connectivity index (χ4n) is 3.10. The van der Waals surface area contributed by atoms with Crippen LogP contribution in [0, 0.1) is 0 Å². The number of esters is 1. The molecule has 0 fully saturated rings. The van der Waals surface area contributed by atoms with Crippen molar-refractivity contribution in [1.29, 1.82) is 0 Å². The number of benzene rings is 1. The number of hydrogen-bond acceptors (Lipinski definition) is 7. The molecular weight excluding hydrogens is 364 g/mol. The second-order valence-corrected chi connectivity index (χ2v) is 7.91. The maximum absolute atomic E-state index is 12.5. The zero-order chi connectivity index (χ0) is 19.4. The minimum absolute atomic E-state index is 0.111. The molecule has 3 rings (SSSR count). The van der Waals surface area contributed by atoms with Gasteiger partial charge in [-0.1, -0.05) is 12.1 Å². The van der Waals surface area contributed by atoms with Crippen molar-refractivity contribution in [1.82, 2.24) is 4.98 Å². The number of thiazole rings is 1. The van der Waals surface area contributed by atoms with Crippen molar-refractivity contribution in [3.8, 4) is 0 Å². The molecule has 8 heteroatoms. The summed E-state index contributed by atoms with van der Waals surface area (Å²) in [5, 5.41) is 8.57. The first-order chi connectivity index (χ1) is 12.9. The van der Waals surface area contributed by atoms with E-state index in [1.807, 2.05) is 24.3 Å². The number of aromatic nitrogens is 1. The molecular formula is C19H24N4O3S. The molecule has 1 aliphatic rings. The van der Waals surface area contributed by atoms with Crippen LogP contribution in [0.25, 0.3) is 0 Å². The number of amides is 1. The highest BCUT2D eigenvalue weighted by Crippen LogP contribution is 2.33. The van der Waals surface area contributed by atoms with Crippen LogP contribution in [-0.4, -0.2) is 42.1 Å². The zero-order valence-corrected chi connectivity index (χ0v) is 16.6. The van der Waals surface area contributed by atoms with Crippen molar-refractivity contribution in [3.63, 3.8) is 0 Å². The number of rotatable bonds is 6. The molecule has 7 nitrogen and oxygen atoms in total. The second-order valence-electron chi connectivity index (χ2n) is 7.06. The lowest BCUT2D eigenvalue weighted by Gasteiger charge is -2.41. The van der Waals surface area contributed by atoms with Gasteiger partial charge in [-0.25, -0.2) is 4.98 Å². The van der Waals surface area contributed by atoms with Crippen LogP contribution in [0.4, 0.5) is 16.5 Å². The number of ether oxygens (including phenoxy) is 1. The predicted octanol–water partition coefficient (Wildman–Crippen LogP) is 2.90. The van der Waals surface area contributed by atoms with Gasteiger partial charge in [-0.15, -0.1) is 11.3 Å². The summed E-state index contributed by atoms with van der Waals surface area (Å²) >= 11 is 1.30. The summed E-state index contributed by atoms with van der Waals surface area (Å²) in [6.07, 6.45) is 0.111. The minimum Gasteiger partial charge on any atom is -0.466 e. The van der Waals surface area contributed by atoms with Crippen molar-refractivity contribution < 1.29 is 14.3 Å². The van der Waals surface area contributed by atoms with Gasteiger partial charge in [0.15, 0.2) is 5.13 Å². The van der Waals surface area contributed by atoms with E-state index in [1.54, 1.807) is 12.3 Å². The van der Waals surface area contributed by atoms with Gasteiger partial charge in [0.1, 0.15) is 0 Å². The summed E-state index contributed by atoms with van der Waals surface area (Å²) < 4.78 is 4.92. The van der Waals surface area contributed by atoms with Gasteiger partial charge in [0.2, 0.25) is 5.91 Å². The molecule has 0 saturated carbocycles. The number of nitrogens with zero attached hydrogens (tertiary/aromatic N) is 2. The van der Waals surface area contributed by atoms with E-state index in [4.69, 9.17) is 4.74 Å². The standard InChI is InChI=1S/C19H24N4O3S/c1-4-26-17(25)9-13-11-27-18(20-13)21-16(24)10-23-12-19(2,3)22-14-7-5-6-8-15(14)23/h5-8,11,22H,4,9-10,12H2,1-3H3,(H,20,21,24). The second kappa shape index (κ2) is 7.96. The van der Waals surface area contributed by atoms with Crippen LogP contribution in [-0.2, 0) is 20.7 Å². The van der Waals surface area contributed by atoms with Crippen molar-refractivity contribution in [2.24, 2.45) is 0 Å². The Balaban J connectivity index is 1.63. The Labute approximate surface area is 162 Å². The van der Waals surface area contributed by atoms with Gasteiger partial charge >= 0.3 is 5.97 Å². The van der Waals surface area contributed by atoms with Gasteiger partial charge in [-0.05, 0) is 32.9 Å². The quantitative estimate of drug-likeness (QED) is 0.741. The third-order valence-corrected chi connectivity index (χ3v) is 4.87. The van der Waals surface area contributed by atoms with Gasteiger partial charge < -0.3 is 20.3 Å². The molecule has 2 heterocycles. The van der Waals surface area contributed by atoms with Crippen LogP contribution in [0.15, 0.2) is 29.6 Å². The van der Waals surface area contributed by atoms with E-state index >= 15 is 0 Å². The molecule has 2 aromatic rings. The lowest BCUT2D eigenvalue weighted by atomic mass is 9.99. The number of fused-ring (bicyclic) bond motifs is 1. The Hall–Kier alpha value is -2.61. The molecule has 1 aromatic carbocycles. The van der Waals surface area contributed by atoms with Crippen LogP contribution in [0.3, 0.4) is 0 Å². The number of para-hydroxylation sites is 2. The minimum atomic E-state index is -0.319. The number of carbonyl (C=O) groups is 2. The summed E-state index contributed by atoms with van der Waals surface area (Å²) in [5.41, 5.74) is 2.49. The first-order valence-corrected chi connectivity index (χ1v) is 9.76. The molecule has 0 atom stereocenters. The van der Waals surface area contributed by atoms with Gasteiger partial charge in [0.05, 0.1) is 36.6 Å². The molecule has 2 N–H and O–H groups in total. The largest absolute Gasteiger partial charge is 0.466 e. The molecule has 0 spiro atoms. The first-order valence-electron chi connectivity index (χ1n) is 8.88. The number of hydrogen-bond donors (Lipinski definition) is 2. The van der Waals surface area contributed by atoms with E-state index in [-0.39, 0.29) is 30.4 Å². The lowest BCUT2D eigenvalue weighted by Crippen LogP contribution is -2.50. The van der Waals surface area contributed by atoms with E-state index in [1.165, 1.54) is 11.3 Å². The van der Waals surface area contributed by atoms with Gasteiger partial charge in [0, 0.05) is 17.5 Å². The van der Waals surface area contributed by atoms with Gasteiger partial charge in [0.25, 0.3) is 0 Å². The predicted molar refractivity (Wildman–Crippen MR) is 107 cm³/mol. The zero-order valence-electron chi connectivity index (χ0n) is 15.7. The van der Waals surface area contributed by atoms with Crippen LogP contribution >= 0.6 is 11.3 Å². The Morgan fingerprint density at radius 3 is 2.93 bits per heavy atom. The summed E-state index contributed by atoms with van der Waals surface area (Å²) in [6, 6.07) is 7.97. The highest BCUT2D eigenvalue weighted by atomic mass is 32.1. The molecule has 1 aliphatic heterocycles. The van der Waals surface area contributed by atoms with Crippen molar-refractivity contribution in [2.45, 2.75) is 32.7 Å². The summed E-state index contributed by atoms with van der Waals surface area (Å²) in [6.45, 7) is 7.26. The van der Waals surface area contributed by atoms with Crippen LogP contribution in [0.2, 0.25) is 0 Å². The number of carbonyl (C=O) groups excluding carboxylic acids is 2. The molecule has 144 valence electrons. The van der Waals surface area contributed by atoms with E-state index < -0.39 is 0 Å². The van der Waals surface area contributed by atoms with E-state index in [0.717, 1.165) is 11.4 Å². The Bertz CT molecular complexity index is 834. The molecule has 1 amide bonds. The maximum atomic E-state index is 12.5. The Morgan fingerprint density at radius 2 is 2.15 bits per heavy atom. The van der Waals surface area contributed by atoms with Crippen LogP contribution in [0.5, 0.6) is 0 Å². The number of nitrogens with one attached hydrogen (secondary N) is 2. The maximum Gasteiger partial charge on any atom is 0.311 e. The first kappa shape index (κ1) is 19.2. The average molecular weight is 388 g/mol. The summed E-state index contributed by atoms with van der Waals surface area (Å²) in [4.78, 5) is 30.4. The average Bonchev–Trinajstić information content (AvgIpc) is 3.00. The van der Waals surface area contributed by atoms with Crippen LogP contribution in [0.1, 0.15) is 26.5 Å². The third kappa shape index (κ3) is 4.97. The highest BCUT2D eigenvalue weighted by molar-refractivity contribution is 7.13. The molecule has 0 unspecified atom stereocenters. The van der Waals surface area contributed by atoms with Crippen molar-refractivity contribution >= 4 is 39.7 Å². The summed E-state index contributed by atoms with van der Waals surface area (Å²) in [5.74, 6) is -0.458. The third-order valence-electron chi connectivity index (χ3n) is 4.07. The Kier molecular flexibility index (Phi) is 5.65. The molecule has 0 aliphatic carbocycles. The van der Waals surface area contributed by atoms with Gasteiger partial charge in [-0.2, -0.15) is 0 Å². The Morgan fingerprint density at radius 1 is 1.37 bits per heavy atom. The molecule has 0 saturated heterocycles. The van der Waals surface area contributed by atoms with Crippen molar-refractivity contribution in [3.05, 3.63) is 35.3 Å². The number of anilines is 3.